The standard InChI is InChI=1S/C18H25FN4O5/c1-2-3-8-21(11-14(25)12-24)18(27)22-9-4-5-15(22)17(26)20-16-7-6-13(19)10-23(16)28/h6-7,10,15,24,28H,2-5,8-9,11-12H2,1H3/t15-/m0/s1. The highest BCUT2D eigenvalue weighted by molar-refractivity contribution is 5.90. The van der Waals surface area contributed by atoms with Crippen molar-refractivity contribution in [1.82, 2.24) is 14.5 Å². The van der Waals surface area contributed by atoms with Crippen LogP contribution in [0.15, 0.2) is 23.3 Å². The zero-order chi connectivity index (χ0) is 20.7. The van der Waals surface area contributed by atoms with Gasteiger partial charge < -0.3 is 20.1 Å². The number of aliphatic hydroxyl groups excluding tert-OH is 1. The molecule has 1 aliphatic rings. The van der Waals surface area contributed by atoms with E-state index in [0.717, 1.165) is 24.8 Å². The second-order valence-electron chi connectivity index (χ2n) is 6.61. The van der Waals surface area contributed by atoms with Crippen molar-refractivity contribution in [3.63, 3.8) is 0 Å². The number of nitrogens with zero attached hydrogens (tertiary/aromatic N) is 4. The molecule has 0 aromatic carbocycles. The number of Topliss-reactive ketones (excluding diaryl/α,β-unsaturated/α-hetero) is 1. The van der Waals surface area contributed by atoms with Gasteiger partial charge in [-0.2, -0.15) is 9.72 Å². The Morgan fingerprint density at radius 3 is 2.75 bits per heavy atom. The number of likely N-dealkylation sites (tertiary alicyclic amines) is 1. The van der Waals surface area contributed by atoms with Gasteiger partial charge >= 0.3 is 6.03 Å². The van der Waals surface area contributed by atoms with E-state index in [1.165, 1.54) is 9.80 Å². The van der Waals surface area contributed by atoms with Crippen molar-refractivity contribution in [1.29, 1.82) is 0 Å². The Labute approximate surface area is 161 Å². The Morgan fingerprint density at radius 2 is 2.11 bits per heavy atom. The molecule has 3 amide bonds. The molecular weight excluding hydrogens is 371 g/mol. The fourth-order valence-corrected chi connectivity index (χ4v) is 3.02. The van der Waals surface area contributed by atoms with Gasteiger partial charge in [0.05, 0.1) is 12.7 Å². The molecule has 28 heavy (non-hydrogen) atoms. The minimum absolute atomic E-state index is 0.149. The Hall–Kier alpha value is -2.75. The molecule has 1 fully saturated rings. The summed E-state index contributed by atoms with van der Waals surface area (Å²) in [7, 11) is 0. The molecule has 1 atom stereocenters. The van der Waals surface area contributed by atoms with Crippen molar-refractivity contribution in [3.8, 4) is 0 Å². The molecule has 1 aromatic heterocycles. The third kappa shape index (κ3) is 5.38. The van der Waals surface area contributed by atoms with E-state index in [9.17, 15) is 24.0 Å². The van der Waals surface area contributed by atoms with Crippen molar-refractivity contribution < 1.29 is 29.1 Å². The Morgan fingerprint density at radius 1 is 1.36 bits per heavy atom. The summed E-state index contributed by atoms with van der Waals surface area (Å²) in [6, 6.07) is 0.925. The molecule has 1 aromatic rings. The number of hydrogen-bond donors (Lipinski definition) is 2. The minimum atomic E-state index is -0.828. The lowest BCUT2D eigenvalue weighted by Crippen LogP contribution is -2.50. The van der Waals surface area contributed by atoms with E-state index in [4.69, 9.17) is 5.11 Å². The molecule has 1 aliphatic heterocycles. The molecule has 10 heteroatoms. The number of carbonyl (C=O) groups excluding carboxylic acids is 3. The van der Waals surface area contributed by atoms with Crippen LogP contribution in [0, 0.1) is 5.82 Å². The lowest BCUT2D eigenvalue weighted by molar-refractivity contribution is -0.122. The Bertz CT molecular complexity index is 794. The highest BCUT2D eigenvalue weighted by Crippen LogP contribution is 2.20. The van der Waals surface area contributed by atoms with Crippen LogP contribution in [0.25, 0.3) is 0 Å². The van der Waals surface area contributed by atoms with E-state index in [1.54, 1.807) is 0 Å². The average Bonchev–Trinajstić information content (AvgIpc) is 3.16. The maximum atomic E-state index is 13.1. The second kappa shape index (κ2) is 9.98. The summed E-state index contributed by atoms with van der Waals surface area (Å²) in [4.78, 5) is 43.6. The topological polar surface area (TPSA) is 115 Å². The average molecular weight is 396 g/mol. The van der Waals surface area contributed by atoms with E-state index in [0.29, 0.717) is 37.1 Å². The van der Waals surface area contributed by atoms with Crippen LogP contribution in [0.3, 0.4) is 0 Å². The van der Waals surface area contributed by atoms with Crippen molar-refractivity contribution in [2.45, 2.75) is 38.6 Å². The molecular formula is C18H25FN4O5. The fourth-order valence-electron chi connectivity index (χ4n) is 3.02. The van der Waals surface area contributed by atoms with Crippen LogP contribution < -0.4 is 5.49 Å². The smallest absolute Gasteiger partial charge is 0.321 e. The van der Waals surface area contributed by atoms with Gasteiger partial charge in [0.25, 0.3) is 5.91 Å². The third-order valence-electron chi connectivity index (χ3n) is 4.48. The summed E-state index contributed by atoms with van der Waals surface area (Å²) in [5.41, 5.74) is -0.149. The number of carbonyl (C=O) groups is 3. The predicted octanol–water partition coefficient (Wildman–Crippen LogP) is 0.540. The molecule has 0 unspecified atom stereocenters. The van der Waals surface area contributed by atoms with Crippen molar-refractivity contribution in [2.24, 2.45) is 4.99 Å². The monoisotopic (exact) mass is 396 g/mol. The number of hydrogen-bond acceptors (Lipinski definition) is 5. The molecule has 0 bridgehead atoms. The van der Waals surface area contributed by atoms with Crippen LogP contribution >= 0.6 is 0 Å². The molecule has 9 nitrogen and oxygen atoms in total. The van der Waals surface area contributed by atoms with Gasteiger partial charge in [0.2, 0.25) is 0 Å². The number of pyridine rings is 1. The first kappa shape index (κ1) is 21.5. The predicted molar refractivity (Wildman–Crippen MR) is 95.8 cm³/mol. The summed E-state index contributed by atoms with van der Waals surface area (Å²) in [6.07, 6.45) is 3.26. The second-order valence-corrected chi connectivity index (χ2v) is 6.61. The first-order valence-corrected chi connectivity index (χ1v) is 9.21. The summed E-state index contributed by atoms with van der Waals surface area (Å²) >= 11 is 0. The minimum Gasteiger partial charge on any atom is -0.427 e. The van der Waals surface area contributed by atoms with Gasteiger partial charge in [-0.1, -0.05) is 13.3 Å². The quantitative estimate of drug-likeness (QED) is 0.653. The van der Waals surface area contributed by atoms with Gasteiger partial charge in [0, 0.05) is 13.1 Å². The van der Waals surface area contributed by atoms with Crippen LogP contribution in [0.2, 0.25) is 0 Å². The maximum Gasteiger partial charge on any atom is 0.321 e. The maximum absolute atomic E-state index is 13.1. The van der Waals surface area contributed by atoms with Gasteiger partial charge in [0.1, 0.15) is 18.5 Å². The van der Waals surface area contributed by atoms with Gasteiger partial charge in [-0.25, -0.2) is 9.18 Å². The highest BCUT2D eigenvalue weighted by Gasteiger charge is 2.36. The number of ketones is 1. The fraction of sp³-hybridized carbons (Fsp3) is 0.556. The lowest BCUT2D eigenvalue weighted by atomic mass is 10.2. The molecule has 154 valence electrons. The number of halogens is 1. The van der Waals surface area contributed by atoms with Crippen LogP contribution in [0.4, 0.5) is 9.18 Å². The van der Waals surface area contributed by atoms with Gasteiger partial charge in [-0.05, 0) is 31.4 Å². The lowest BCUT2D eigenvalue weighted by Gasteiger charge is -2.30. The van der Waals surface area contributed by atoms with E-state index >= 15 is 0 Å². The molecule has 0 spiro atoms. The first-order chi connectivity index (χ1) is 13.4. The van der Waals surface area contributed by atoms with E-state index in [-0.39, 0.29) is 12.0 Å². The zero-order valence-corrected chi connectivity index (χ0v) is 15.8. The molecule has 0 saturated carbocycles. The van der Waals surface area contributed by atoms with Crippen molar-refractivity contribution >= 4 is 17.7 Å². The number of rotatable bonds is 7. The highest BCUT2D eigenvalue weighted by atomic mass is 19.1. The normalized spacial score (nSPS) is 17.0. The van der Waals surface area contributed by atoms with Crippen molar-refractivity contribution in [3.05, 3.63) is 29.6 Å². The molecule has 2 N–H and O–H groups in total. The zero-order valence-electron chi connectivity index (χ0n) is 15.8. The van der Waals surface area contributed by atoms with Gasteiger partial charge in [-0.15, -0.1) is 0 Å². The van der Waals surface area contributed by atoms with Crippen LogP contribution in [-0.4, -0.2) is 74.8 Å². The largest absolute Gasteiger partial charge is 0.427 e. The summed E-state index contributed by atoms with van der Waals surface area (Å²) in [6.45, 7) is 1.74. The molecule has 2 heterocycles. The number of amides is 3. The van der Waals surface area contributed by atoms with E-state index in [2.05, 4.69) is 4.99 Å². The molecule has 0 radical (unpaired) electrons. The van der Waals surface area contributed by atoms with Crippen LogP contribution in [0.1, 0.15) is 32.6 Å². The van der Waals surface area contributed by atoms with Crippen LogP contribution in [-0.2, 0) is 9.59 Å². The number of unbranched alkanes of at least 4 members (excludes halogenated alkanes) is 1. The molecule has 1 saturated heterocycles. The Kier molecular flexibility index (Phi) is 7.68. The summed E-state index contributed by atoms with van der Waals surface area (Å²) in [5, 5.41) is 18.6. The van der Waals surface area contributed by atoms with Crippen LogP contribution in [0.5, 0.6) is 0 Å². The first-order valence-electron chi connectivity index (χ1n) is 9.21. The number of aromatic nitrogens is 1. The summed E-state index contributed by atoms with van der Waals surface area (Å²) in [5.74, 6) is -1.81. The van der Waals surface area contributed by atoms with Gasteiger partial charge in [0.15, 0.2) is 11.3 Å². The Balaban J connectivity index is 2.20. The van der Waals surface area contributed by atoms with Crippen molar-refractivity contribution in [2.75, 3.05) is 26.2 Å². The molecule has 2 rings (SSSR count). The third-order valence-corrected chi connectivity index (χ3v) is 4.48. The summed E-state index contributed by atoms with van der Waals surface area (Å²) < 4.78 is 13.5. The van der Waals surface area contributed by atoms with E-state index < -0.39 is 36.2 Å². The number of aliphatic hydroxyl groups is 1. The van der Waals surface area contributed by atoms with Gasteiger partial charge in [-0.3, -0.25) is 9.59 Å². The SMILES string of the molecule is CCCCN(CC(=O)CO)C(=O)N1CCC[C@H]1C(=O)N=c1ccc(F)cn1O. The number of urea groups is 1. The van der Waals surface area contributed by atoms with E-state index in [1.807, 2.05) is 6.92 Å². The molecule has 0 aliphatic carbocycles.